The number of hydrogen-bond donors (Lipinski definition) is 6. The second kappa shape index (κ2) is 8.61. The number of likely N-dealkylation sites (N-methyl/N-ethyl adjacent to an activating group) is 1. The Bertz CT molecular complexity index is 1230. The van der Waals surface area contributed by atoms with Crippen LogP contribution in [0.2, 0.25) is 0 Å². The molecule has 0 aromatic heterocycles. The number of primary amides is 1. The number of amides is 1. The van der Waals surface area contributed by atoms with Crippen molar-refractivity contribution in [3.8, 4) is 5.75 Å². The molecule has 4 unspecified atom stereocenters. The predicted molar refractivity (Wildman–Crippen MR) is 127 cm³/mol. The monoisotopic (exact) mass is 499 g/mol. The van der Waals surface area contributed by atoms with Gasteiger partial charge in [0.1, 0.15) is 22.8 Å². The fourth-order valence-corrected chi connectivity index (χ4v) is 6.22. The minimum atomic E-state index is -2.64. The number of nitrogens with zero attached hydrogens (tertiary/aromatic N) is 1. The molecule has 36 heavy (non-hydrogen) atoms. The van der Waals surface area contributed by atoms with Gasteiger partial charge in [0.15, 0.2) is 11.4 Å². The number of carbonyl (C=O) groups is 3. The lowest BCUT2D eigenvalue weighted by Crippen LogP contribution is -2.66. The van der Waals surface area contributed by atoms with E-state index in [-0.39, 0.29) is 29.7 Å². The summed E-state index contributed by atoms with van der Waals surface area (Å²) in [5.74, 6) is -6.59. The number of aromatic hydroxyl groups is 1. The van der Waals surface area contributed by atoms with Crippen molar-refractivity contribution in [2.45, 2.75) is 31.4 Å². The Balaban J connectivity index is 1.69. The summed E-state index contributed by atoms with van der Waals surface area (Å²) in [5, 5.41) is 47.3. The zero-order valence-corrected chi connectivity index (χ0v) is 19.8. The molecule has 1 aromatic rings. The van der Waals surface area contributed by atoms with E-state index in [0.717, 1.165) is 5.69 Å². The van der Waals surface area contributed by atoms with E-state index in [1.807, 2.05) is 0 Å². The van der Waals surface area contributed by atoms with E-state index in [2.05, 4.69) is 10.2 Å². The number of phenols is 1. The average Bonchev–Trinajstić information content (AvgIpc) is 2.84. The molecule has 2 fully saturated rings. The van der Waals surface area contributed by atoms with E-state index in [0.29, 0.717) is 38.4 Å². The van der Waals surface area contributed by atoms with Gasteiger partial charge in [0, 0.05) is 30.3 Å². The van der Waals surface area contributed by atoms with Crippen LogP contribution in [-0.4, -0.2) is 82.4 Å². The molecule has 1 amide bonds. The number of Topliss-reactive ketones (excluding diaryl/α,β-unsaturated/α-hetero) is 2. The van der Waals surface area contributed by atoms with Crippen LogP contribution in [-0.2, 0) is 25.5 Å². The van der Waals surface area contributed by atoms with Crippen molar-refractivity contribution in [1.29, 1.82) is 0 Å². The standard InChI is InChI=1S/C25H29N3O8/c1-2-27-19-13-10-11-9-12-14(28-5-7-36-8-6-28)3-4-15(29)17(12)20(30)16(11)22(32)25(13,35)23(33)18(21(19)31)24(26)34/h3-4,11,13,19,27,29-30,33,35H,2,5-10H2,1H3,(H2,26,34). The van der Waals surface area contributed by atoms with Gasteiger partial charge in [-0.05, 0) is 43.0 Å². The van der Waals surface area contributed by atoms with Crippen molar-refractivity contribution in [2.75, 3.05) is 37.7 Å². The number of carbonyl (C=O) groups excluding carboxylic acids is 3. The number of aliphatic hydroxyl groups excluding tert-OH is 2. The van der Waals surface area contributed by atoms with Gasteiger partial charge in [0.25, 0.3) is 5.91 Å². The topological polar surface area (TPSA) is 183 Å². The molecule has 3 aliphatic carbocycles. The molecule has 1 aliphatic heterocycles. The Kier molecular flexibility index (Phi) is 5.81. The van der Waals surface area contributed by atoms with Gasteiger partial charge < -0.3 is 41.1 Å². The molecular weight excluding hydrogens is 470 g/mol. The summed E-state index contributed by atoms with van der Waals surface area (Å²) in [4.78, 5) is 41.0. The van der Waals surface area contributed by atoms with Crippen LogP contribution in [0.4, 0.5) is 5.69 Å². The summed E-state index contributed by atoms with van der Waals surface area (Å²) in [6, 6.07) is 2.06. The highest BCUT2D eigenvalue weighted by Crippen LogP contribution is 2.53. The summed E-state index contributed by atoms with van der Waals surface area (Å²) < 4.78 is 5.44. The van der Waals surface area contributed by atoms with Crippen molar-refractivity contribution < 1.29 is 39.5 Å². The van der Waals surface area contributed by atoms with Crippen LogP contribution in [0.3, 0.4) is 0 Å². The Hall–Kier alpha value is -3.41. The molecule has 1 saturated heterocycles. The lowest BCUT2D eigenvalue weighted by atomic mass is 9.57. The van der Waals surface area contributed by atoms with Crippen molar-refractivity contribution >= 4 is 28.9 Å². The van der Waals surface area contributed by atoms with Gasteiger partial charge in [-0.25, -0.2) is 0 Å². The van der Waals surface area contributed by atoms with Crippen molar-refractivity contribution in [3.05, 3.63) is 40.2 Å². The molecule has 1 heterocycles. The lowest BCUT2D eigenvalue weighted by Gasteiger charge is -2.49. The van der Waals surface area contributed by atoms with Gasteiger partial charge in [-0.2, -0.15) is 0 Å². The number of aliphatic hydroxyl groups is 3. The fraction of sp³-hybridized carbons (Fsp3) is 0.480. The smallest absolute Gasteiger partial charge is 0.255 e. The summed E-state index contributed by atoms with van der Waals surface area (Å²) in [6.45, 7) is 4.31. The molecule has 0 spiro atoms. The quantitative estimate of drug-likeness (QED) is 0.305. The van der Waals surface area contributed by atoms with Gasteiger partial charge in [-0.1, -0.05) is 6.92 Å². The zero-order chi connectivity index (χ0) is 25.9. The molecule has 192 valence electrons. The molecule has 1 aromatic carbocycles. The molecule has 4 aliphatic rings. The zero-order valence-electron chi connectivity index (χ0n) is 19.8. The Labute approximate surface area is 206 Å². The number of hydrogen-bond acceptors (Lipinski definition) is 10. The molecule has 11 heteroatoms. The SMILES string of the molecule is CCNC1C(=O)C(C(N)=O)=C(O)C2(O)C(=O)C3=C(O)c4c(O)ccc(N5CCOCC5)c4CC3CC12. The molecule has 4 atom stereocenters. The van der Waals surface area contributed by atoms with E-state index in [1.54, 1.807) is 13.0 Å². The van der Waals surface area contributed by atoms with Gasteiger partial charge in [-0.15, -0.1) is 0 Å². The average molecular weight is 500 g/mol. The van der Waals surface area contributed by atoms with Crippen LogP contribution < -0.4 is 16.0 Å². The van der Waals surface area contributed by atoms with Crippen LogP contribution in [0.15, 0.2) is 29.0 Å². The third-order valence-corrected chi connectivity index (χ3v) is 7.83. The van der Waals surface area contributed by atoms with Crippen molar-refractivity contribution in [1.82, 2.24) is 5.32 Å². The highest BCUT2D eigenvalue weighted by atomic mass is 16.5. The largest absolute Gasteiger partial charge is 0.508 e. The minimum absolute atomic E-state index is 0.0544. The maximum Gasteiger partial charge on any atom is 0.255 e. The second-order valence-corrected chi connectivity index (χ2v) is 9.65. The number of ketones is 2. The molecule has 7 N–H and O–H groups in total. The number of ether oxygens (including phenoxy) is 1. The number of anilines is 1. The molecule has 0 radical (unpaired) electrons. The molecule has 11 nitrogen and oxygen atoms in total. The first kappa shape index (κ1) is 24.3. The van der Waals surface area contributed by atoms with Crippen LogP contribution in [0.5, 0.6) is 5.75 Å². The van der Waals surface area contributed by atoms with E-state index in [1.165, 1.54) is 6.07 Å². The summed E-state index contributed by atoms with van der Waals surface area (Å²) in [7, 11) is 0. The Morgan fingerprint density at radius 1 is 1.22 bits per heavy atom. The number of phenolic OH excluding ortho intramolecular Hbond substituents is 1. The van der Waals surface area contributed by atoms with E-state index in [4.69, 9.17) is 10.5 Å². The summed E-state index contributed by atoms with van der Waals surface area (Å²) in [5.41, 5.74) is 3.24. The number of nitrogens with two attached hydrogens (primary N) is 1. The van der Waals surface area contributed by atoms with Gasteiger partial charge >= 0.3 is 0 Å². The molecule has 5 rings (SSSR count). The first-order valence-corrected chi connectivity index (χ1v) is 12.0. The van der Waals surface area contributed by atoms with E-state index < -0.39 is 58.0 Å². The highest BCUT2D eigenvalue weighted by Gasteiger charge is 2.63. The van der Waals surface area contributed by atoms with Crippen molar-refractivity contribution in [2.24, 2.45) is 17.6 Å². The van der Waals surface area contributed by atoms with Crippen LogP contribution in [0.25, 0.3) is 5.76 Å². The number of fused-ring (bicyclic) bond motifs is 3. The normalized spacial score (nSPS) is 30.2. The first-order valence-electron chi connectivity index (χ1n) is 12.0. The van der Waals surface area contributed by atoms with Crippen LogP contribution >= 0.6 is 0 Å². The molecule has 0 bridgehead atoms. The Morgan fingerprint density at radius 2 is 1.92 bits per heavy atom. The Morgan fingerprint density at radius 3 is 2.56 bits per heavy atom. The number of rotatable bonds is 4. The van der Waals surface area contributed by atoms with Crippen LogP contribution in [0.1, 0.15) is 24.5 Å². The fourth-order valence-electron chi connectivity index (χ4n) is 6.22. The first-order chi connectivity index (χ1) is 17.1. The third kappa shape index (κ3) is 3.26. The highest BCUT2D eigenvalue weighted by molar-refractivity contribution is 6.24. The van der Waals surface area contributed by atoms with Gasteiger partial charge in [0.05, 0.1) is 24.8 Å². The van der Waals surface area contributed by atoms with E-state index in [9.17, 15) is 34.8 Å². The summed E-state index contributed by atoms with van der Waals surface area (Å²) >= 11 is 0. The number of morpholine rings is 1. The summed E-state index contributed by atoms with van der Waals surface area (Å²) in [6.07, 6.45) is 0.313. The number of benzene rings is 1. The second-order valence-electron chi connectivity index (χ2n) is 9.65. The molecule has 1 saturated carbocycles. The van der Waals surface area contributed by atoms with E-state index >= 15 is 0 Å². The maximum absolute atomic E-state index is 13.8. The lowest BCUT2D eigenvalue weighted by molar-refractivity contribution is -0.150. The molecular formula is C25H29N3O8. The third-order valence-electron chi connectivity index (χ3n) is 7.83. The van der Waals surface area contributed by atoms with Gasteiger partial charge in [-0.3, -0.25) is 14.4 Å². The maximum atomic E-state index is 13.8. The number of nitrogens with one attached hydrogen (secondary N) is 1. The van der Waals surface area contributed by atoms with Crippen LogP contribution in [0, 0.1) is 11.8 Å². The predicted octanol–water partition coefficient (Wildman–Crippen LogP) is -0.151. The van der Waals surface area contributed by atoms with Gasteiger partial charge in [0.2, 0.25) is 5.78 Å². The van der Waals surface area contributed by atoms with Crippen molar-refractivity contribution in [3.63, 3.8) is 0 Å². The minimum Gasteiger partial charge on any atom is -0.508 e.